The number of nitrogens with one attached hydrogen (secondary N) is 1. The molecular weight excluding hydrogens is 523 g/mol. The lowest BCUT2D eigenvalue weighted by molar-refractivity contribution is -0.183. The van der Waals surface area contributed by atoms with Crippen LogP contribution in [0.1, 0.15) is 50.1 Å². The van der Waals surface area contributed by atoms with E-state index in [1.165, 1.54) is 6.21 Å². The number of anilines is 1. The van der Waals surface area contributed by atoms with Crippen LogP contribution in [0.4, 0.5) is 19.0 Å². The molecule has 1 N–H and O–H groups in total. The normalized spacial score (nSPS) is 19.7. The van der Waals surface area contributed by atoms with E-state index in [1.54, 1.807) is 19.1 Å². The van der Waals surface area contributed by atoms with Gasteiger partial charge in [-0.05, 0) is 43.5 Å². The van der Waals surface area contributed by atoms with Gasteiger partial charge in [-0.25, -0.2) is 8.42 Å². The Bertz CT molecular complexity index is 1350. The Morgan fingerprint density at radius 3 is 2.58 bits per heavy atom. The average molecular weight is 556 g/mol. The number of alkyl halides is 3. The topological polar surface area (TPSA) is 109 Å². The highest BCUT2D eigenvalue weighted by Crippen LogP contribution is 2.31. The molecule has 0 amide bonds. The van der Waals surface area contributed by atoms with Gasteiger partial charge >= 0.3 is 6.18 Å². The minimum Gasteiger partial charge on any atom is -0.358 e. The van der Waals surface area contributed by atoms with E-state index in [4.69, 9.17) is 9.26 Å². The fourth-order valence-corrected chi connectivity index (χ4v) is 5.62. The van der Waals surface area contributed by atoms with E-state index in [1.807, 2.05) is 33.8 Å². The maximum Gasteiger partial charge on any atom is 0.411 e. The third kappa shape index (κ3) is 6.44. The first-order valence-electron chi connectivity index (χ1n) is 12.3. The van der Waals surface area contributed by atoms with Crippen molar-refractivity contribution in [3.63, 3.8) is 0 Å². The van der Waals surface area contributed by atoms with Gasteiger partial charge in [0.2, 0.25) is 0 Å². The molecule has 2 atom stereocenters. The van der Waals surface area contributed by atoms with E-state index in [0.29, 0.717) is 36.5 Å². The standard InChI is InChI=1S/C25H32F3N5O4S/c1-15-22(24(3,4)5)37-31-23(15)32-38(34,35)19-7-6-17-8-9-33(13-18(17)10-19)16(2)20-11-30-21(12-29-20)36-14-25(26,27)28/h6-7,10-11,16,21H,8-9,12-14H2,1-5H3,(H,31,32)/t16-,21?/m1/s1. The van der Waals surface area contributed by atoms with Crippen LogP contribution in [0.3, 0.4) is 0 Å². The Labute approximate surface area is 220 Å². The van der Waals surface area contributed by atoms with Crippen LogP contribution in [-0.4, -0.2) is 68.5 Å². The average Bonchev–Trinajstić information content (AvgIpc) is 3.21. The Morgan fingerprint density at radius 2 is 1.97 bits per heavy atom. The predicted octanol–water partition coefficient (Wildman–Crippen LogP) is 4.26. The maximum absolute atomic E-state index is 13.2. The number of sulfonamides is 1. The molecule has 38 heavy (non-hydrogen) atoms. The first kappa shape index (κ1) is 28.2. The number of hydrogen-bond acceptors (Lipinski definition) is 8. The quantitative estimate of drug-likeness (QED) is 0.547. The van der Waals surface area contributed by atoms with Crippen LogP contribution in [0.25, 0.3) is 0 Å². The molecule has 0 fully saturated rings. The van der Waals surface area contributed by atoms with E-state index < -0.39 is 29.0 Å². The molecule has 2 aliphatic rings. The molecule has 4 rings (SSSR count). The number of halogens is 3. The van der Waals surface area contributed by atoms with Gasteiger partial charge in [-0.3, -0.25) is 19.6 Å². The first-order chi connectivity index (χ1) is 17.6. The summed E-state index contributed by atoms with van der Waals surface area (Å²) in [4.78, 5) is 10.7. The smallest absolute Gasteiger partial charge is 0.358 e. The van der Waals surface area contributed by atoms with Crippen LogP contribution in [0.15, 0.2) is 37.6 Å². The van der Waals surface area contributed by atoms with Gasteiger partial charge in [0.1, 0.15) is 12.4 Å². The van der Waals surface area contributed by atoms with Crippen molar-refractivity contribution in [3.8, 4) is 0 Å². The van der Waals surface area contributed by atoms with Crippen molar-refractivity contribution in [3.05, 3.63) is 40.6 Å². The van der Waals surface area contributed by atoms with Crippen LogP contribution in [-0.2, 0) is 33.1 Å². The first-order valence-corrected chi connectivity index (χ1v) is 13.7. The molecule has 1 aromatic carbocycles. The van der Waals surface area contributed by atoms with Crippen molar-refractivity contribution in [2.75, 3.05) is 24.4 Å². The summed E-state index contributed by atoms with van der Waals surface area (Å²) in [7, 11) is -3.91. The summed E-state index contributed by atoms with van der Waals surface area (Å²) in [5, 5.41) is 3.93. The molecule has 1 aromatic heterocycles. The van der Waals surface area contributed by atoms with Crippen molar-refractivity contribution in [1.82, 2.24) is 10.1 Å². The molecule has 3 heterocycles. The zero-order valence-electron chi connectivity index (χ0n) is 22.0. The lowest BCUT2D eigenvalue weighted by atomic mass is 9.91. The number of rotatable bonds is 7. The van der Waals surface area contributed by atoms with Crippen LogP contribution in [0.5, 0.6) is 0 Å². The van der Waals surface area contributed by atoms with E-state index in [-0.39, 0.29) is 28.7 Å². The minimum absolute atomic E-state index is 0.0170. The third-order valence-electron chi connectivity index (χ3n) is 6.58. The van der Waals surface area contributed by atoms with Gasteiger partial charge in [0, 0.05) is 30.3 Å². The second kappa shape index (κ2) is 10.4. The summed E-state index contributed by atoms with van der Waals surface area (Å²) in [6.07, 6.45) is -3.20. The van der Waals surface area contributed by atoms with Gasteiger partial charge in [0.05, 0.1) is 23.2 Å². The number of hydrogen-bond donors (Lipinski definition) is 1. The summed E-state index contributed by atoms with van der Waals surface area (Å²) in [6, 6.07) is 4.90. The van der Waals surface area contributed by atoms with Crippen molar-refractivity contribution in [2.24, 2.45) is 9.98 Å². The molecular formula is C25H32F3N5O4S. The van der Waals surface area contributed by atoms with E-state index >= 15 is 0 Å². The van der Waals surface area contributed by atoms with Crippen molar-refractivity contribution >= 4 is 27.8 Å². The predicted molar refractivity (Wildman–Crippen MR) is 137 cm³/mol. The zero-order valence-corrected chi connectivity index (χ0v) is 22.8. The van der Waals surface area contributed by atoms with E-state index in [2.05, 4.69) is 24.8 Å². The lowest BCUT2D eigenvalue weighted by Crippen LogP contribution is -2.44. The fraction of sp³-hybridized carbons (Fsp3) is 0.560. The van der Waals surface area contributed by atoms with Crippen LogP contribution < -0.4 is 4.72 Å². The Hall–Kier alpha value is -2.77. The maximum atomic E-state index is 13.2. The minimum atomic E-state index is -4.42. The highest BCUT2D eigenvalue weighted by molar-refractivity contribution is 7.92. The molecule has 0 saturated heterocycles. The molecule has 9 nitrogen and oxygen atoms in total. The number of fused-ring (bicyclic) bond motifs is 1. The molecule has 1 unspecified atom stereocenters. The van der Waals surface area contributed by atoms with Crippen LogP contribution in [0.2, 0.25) is 0 Å². The molecule has 208 valence electrons. The molecule has 0 spiro atoms. The molecule has 2 aliphatic heterocycles. The third-order valence-corrected chi connectivity index (χ3v) is 7.92. The van der Waals surface area contributed by atoms with Gasteiger partial charge in [-0.1, -0.05) is 32.0 Å². The Morgan fingerprint density at radius 1 is 1.24 bits per heavy atom. The number of aromatic nitrogens is 1. The molecule has 0 saturated carbocycles. The summed E-state index contributed by atoms with van der Waals surface area (Å²) < 4.78 is 76.2. The van der Waals surface area contributed by atoms with E-state index in [0.717, 1.165) is 11.1 Å². The Kier molecular flexibility index (Phi) is 7.74. The number of aliphatic imine (C=N–C) groups is 2. The molecule has 0 radical (unpaired) electrons. The summed E-state index contributed by atoms with van der Waals surface area (Å²) in [5.41, 5.74) is 2.89. The van der Waals surface area contributed by atoms with Crippen LogP contribution in [0, 0.1) is 6.92 Å². The highest BCUT2D eigenvalue weighted by atomic mass is 32.2. The summed E-state index contributed by atoms with van der Waals surface area (Å²) in [5.74, 6) is 0.771. The fourth-order valence-electron chi connectivity index (χ4n) is 4.51. The van der Waals surface area contributed by atoms with Crippen molar-refractivity contribution < 1.29 is 30.8 Å². The number of ether oxygens (including phenoxy) is 1. The molecule has 0 aliphatic carbocycles. The zero-order chi connectivity index (χ0) is 27.9. The van der Waals surface area contributed by atoms with Gasteiger partial charge in [0.15, 0.2) is 12.0 Å². The summed E-state index contributed by atoms with van der Waals surface area (Å²) in [6.45, 7) is 9.43. The van der Waals surface area contributed by atoms with Gasteiger partial charge < -0.3 is 9.26 Å². The lowest BCUT2D eigenvalue weighted by Gasteiger charge is -2.34. The molecule has 2 aromatic rings. The van der Waals surface area contributed by atoms with Gasteiger partial charge in [0.25, 0.3) is 10.0 Å². The SMILES string of the molecule is Cc1c(NS(=O)(=O)c2ccc3c(c2)CN([C@H](C)C2=NCC(OCC(F)(F)F)N=C2)CC3)noc1C(C)(C)C. The molecule has 13 heteroatoms. The van der Waals surface area contributed by atoms with Crippen LogP contribution >= 0.6 is 0 Å². The second-order valence-corrected chi connectivity index (χ2v) is 12.3. The Balaban J connectivity index is 1.44. The van der Waals surface area contributed by atoms with E-state index in [9.17, 15) is 21.6 Å². The van der Waals surface area contributed by atoms with Gasteiger partial charge in [-0.15, -0.1) is 0 Å². The van der Waals surface area contributed by atoms with Gasteiger partial charge in [-0.2, -0.15) is 13.2 Å². The molecule has 0 bridgehead atoms. The summed E-state index contributed by atoms with van der Waals surface area (Å²) >= 11 is 0. The largest absolute Gasteiger partial charge is 0.411 e. The monoisotopic (exact) mass is 555 g/mol. The highest BCUT2D eigenvalue weighted by Gasteiger charge is 2.31. The number of benzene rings is 1. The second-order valence-electron chi connectivity index (χ2n) is 10.6. The van der Waals surface area contributed by atoms with Crippen molar-refractivity contribution in [1.29, 1.82) is 0 Å². The van der Waals surface area contributed by atoms with Crippen molar-refractivity contribution in [2.45, 2.75) is 76.3 Å². The number of nitrogens with zero attached hydrogens (tertiary/aromatic N) is 4.